The van der Waals surface area contributed by atoms with Crippen LogP contribution in [-0.2, 0) is 9.53 Å². The van der Waals surface area contributed by atoms with Crippen LogP contribution >= 0.6 is 0 Å². The zero-order valence-electron chi connectivity index (χ0n) is 14.8. The summed E-state index contributed by atoms with van der Waals surface area (Å²) in [5, 5.41) is 2.95. The summed E-state index contributed by atoms with van der Waals surface area (Å²) in [4.78, 5) is 23.8. The van der Waals surface area contributed by atoms with Gasteiger partial charge in [0.25, 0.3) is 0 Å². The smallest absolute Gasteiger partial charge is 0.337 e. The number of rotatable bonds is 6. The van der Waals surface area contributed by atoms with Gasteiger partial charge in [0.05, 0.1) is 18.9 Å². The lowest BCUT2D eigenvalue weighted by molar-refractivity contribution is -0.117. The second kappa shape index (κ2) is 8.67. The first-order chi connectivity index (χ1) is 13.2. The van der Waals surface area contributed by atoms with E-state index < -0.39 is 5.97 Å². The monoisotopic (exact) mass is 361 g/mol. The highest BCUT2D eigenvalue weighted by atomic mass is 16.5. The summed E-state index contributed by atoms with van der Waals surface area (Å²) in [5.74, 6) is 0.00935. The van der Waals surface area contributed by atoms with Gasteiger partial charge in [0.15, 0.2) is 0 Å². The summed E-state index contributed by atoms with van der Waals surface area (Å²) in [7, 11) is 1.34. The predicted molar refractivity (Wildman–Crippen MR) is 102 cm³/mol. The van der Waals surface area contributed by atoms with Crippen molar-refractivity contribution in [3.8, 4) is 0 Å². The molecule has 0 unspecified atom stereocenters. The molecular weight excluding hydrogens is 342 g/mol. The van der Waals surface area contributed by atoms with Gasteiger partial charge in [0.2, 0.25) is 5.91 Å². The minimum atomic E-state index is -0.396. The van der Waals surface area contributed by atoms with E-state index in [4.69, 9.17) is 4.42 Å². The third-order valence-electron chi connectivity index (χ3n) is 4.01. The first kappa shape index (κ1) is 18.2. The summed E-state index contributed by atoms with van der Waals surface area (Å²) < 4.78 is 10.1. The third-order valence-corrected chi connectivity index (χ3v) is 4.01. The Morgan fingerprint density at radius 2 is 1.74 bits per heavy atom. The zero-order valence-corrected chi connectivity index (χ0v) is 14.8. The molecule has 1 amide bonds. The molecule has 1 aromatic heterocycles. The van der Waals surface area contributed by atoms with Crippen LogP contribution in [-0.4, -0.2) is 19.0 Å². The zero-order chi connectivity index (χ0) is 19.1. The summed E-state index contributed by atoms with van der Waals surface area (Å²) >= 11 is 0. The number of methoxy groups -OCH3 is 1. The first-order valence-electron chi connectivity index (χ1n) is 8.42. The van der Waals surface area contributed by atoms with Gasteiger partial charge in [0, 0.05) is 6.08 Å². The summed E-state index contributed by atoms with van der Waals surface area (Å²) in [5.41, 5.74) is 2.18. The van der Waals surface area contributed by atoms with Gasteiger partial charge in [-0.25, -0.2) is 4.79 Å². The lowest BCUT2D eigenvalue weighted by Gasteiger charge is -2.16. The van der Waals surface area contributed by atoms with Crippen LogP contribution in [0.15, 0.2) is 83.5 Å². The number of benzene rings is 2. The highest BCUT2D eigenvalue weighted by Gasteiger charge is 2.18. The Kier molecular flexibility index (Phi) is 5.84. The van der Waals surface area contributed by atoms with Crippen molar-refractivity contribution < 1.29 is 18.7 Å². The number of furan rings is 1. The molecule has 0 aliphatic rings. The lowest BCUT2D eigenvalue weighted by Crippen LogP contribution is -2.27. The lowest BCUT2D eigenvalue weighted by atomic mass is 10.0. The van der Waals surface area contributed by atoms with E-state index in [9.17, 15) is 9.59 Å². The van der Waals surface area contributed by atoms with E-state index >= 15 is 0 Å². The maximum Gasteiger partial charge on any atom is 0.337 e. The van der Waals surface area contributed by atoms with Crippen LogP contribution in [0.2, 0.25) is 0 Å². The standard InChI is InChI=1S/C22H19NO4/c1-26-22(25)18-12-9-16(10-13-18)11-14-20(24)23-21(19-8-5-15-27-19)17-6-3-2-4-7-17/h2-15,21H,1H3,(H,23,24)/b14-11+/t21-/m1/s1. The van der Waals surface area contributed by atoms with E-state index in [0.29, 0.717) is 11.3 Å². The first-order valence-corrected chi connectivity index (χ1v) is 8.42. The maximum atomic E-state index is 12.4. The van der Waals surface area contributed by atoms with Gasteiger partial charge in [-0.1, -0.05) is 42.5 Å². The van der Waals surface area contributed by atoms with Gasteiger partial charge in [-0.3, -0.25) is 4.79 Å². The number of esters is 1. The van der Waals surface area contributed by atoms with E-state index in [1.165, 1.54) is 13.2 Å². The molecule has 3 aromatic rings. The van der Waals surface area contributed by atoms with Crippen molar-refractivity contribution in [3.63, 3.8) is 0 Å². The summed E-state index contributed by atoms with van der Waals surface area (Å²) in [6.07, 6.45) is 4.71. The van der Waals surface area contributed by atoms with Gasteiger partial charge >= 0.3 is 5.97 Å². The summed E-state index contributed by atoms with van der Waals surface area (Å²) in [6, 6.07) is 19.6. The molecule has 0 radical (unpaired) electrons. The minimum Gasteiger partial charge on any atom is -0.467 e. The average Bonchev–Trinajstić information content (AvgIpc) is 3.25. The molecule has 0 aliphatic carbocycles. The van der Waals surface area contributed by atoms with Gasteiger partial charge in [0.1, 0.15) is 11.8 Å². The Labute approximate surface area is 157 Å². The molecular formula is C22H19NO4. The second-order valence-electron chi connectivity index (χ2n) is 5.81. The highest BCUT2D eigenvalue weighted by molar-refractivity contribution is 5.93. The molecule has 0 fully saturated rings. The van der Waals surface area contributed by atoms with Crippen molar-refractivity contribution in [2.75, 3.05) is 7.11 Å². The number of nitrogens with one attached hydrogen (secondary N) is 1. The van der Waals surface area contributed by atoms with Crippen molar-refractivity contribution in [2.24, 2.45) is 0 Å². The normalized spacial score (nSPS) is 11.9. The quantitative estimate of drug-likeness (QED) is 0.532. The van der Waals surface area contributed by atoms with Gasteiger partial charge in [-0.15, -0.1) is 0 Å². The molecule has 0 bridgehead atoms. The second-order valence-corrected chi connectivity index (χ2v) is 5.81. The van der Waals surface area contributed by atoms with Crippen LogP contribution in [0.3, 0.4) is 0 Å². The van der Waals surface area contributed by atoms with Crippen LogP contribution in [0, 0.1) is 0 Å². The molecule has 0 aliphatic heterocycles. The average molecular weight is 361 g/mol. The molecule has 0 spiro atoms. The fourth-order valence-electron chi connectivity index (χ4n) is 2.63. The molecule has 0 saturated carbocycles. The molecule has 5 heteroatoms. The molecule has 3 rings (SSSR count). The van der Waals surface area contributed by atoms with Gasteiger partial charge in [-0.05, 0) is 41.5 Å². The Bertz CT molecular complexity index is 913. The number of hydrogen-bond donors (Lipinski definition) is 1. The largest absolute Gasteiger partial charge is 0.467 e. The van der Waals surface area contributed by atoms with Crippen LogP contribution in [0.25, 0.3) is 6.08 Å². The topological polar surface area (TPSA) is 68.5 Å². The van der Waals surface area contributed by atoms with Crippen LogP contribution in [0.5, 0.6) is 0 Å². The van der Waals surface area contributed by atoms with Crippen molar-refractivity contribution in [1.29, 1.82) is 0 Å². The van der Waals surface area contributed by atoms with Crippen LogP contribution in [0.1, 0.15) is 33.3 Å². The molecule has 1 heterocycles. The van der Waals surface area contributed by atoms with Crippen LogP contribution in [0.4, 0.5) is 0 Å². The van der Waals surface area contributed by atoms with Gasteiger partial charge < -0.3 is 14.5 Å². The van der Waals surface area contributed by atoms with E-state index in [2.05, 4.69) is 10.1 Å². The molecule has 0 saturated heterocycles. The highest BCUT2D eigenvalue weighted by Crippen LogP contribution is 2.22. The molecule has 27 heavy (non-hydrogen) atoms. The van der Waals surface area contributed by atoms with E-state index in [0.717, 1.165) is 11.1 Å². The Balaban J connectivity index is 1.71. The number of ether oxygens (including phenoxy) is 1. The van der Waals surface area contributed by atoms with E-state index in [1.807, 2.05) is 36.4 Å². The molecule has 5 nitrogen and oxygen atoms in total. The van der Waals surface area contributed by atoms with Crippen molar-refractivity contribution in [3.05, 3.63) is 102 Å². The fourth-order valence-corrected chi connectivity index (χ4v) is 2.63. The SMILES string of the molecule is COC(=O)c1ccc(/C=C/C(=O)N[C@H](c2ccccc2)c2ccco2)cc1. The predicted octanol–water partition coefficient (Wildman–Crippen LogP) is 3.99. The molecule has 2 aromatic carbocycles. The Morgan fingerprint density at radius 1 is 1.00 bits per heavy atom. The number of amides is 1. The number of carbonyl (C=O) groups excluding carboxylic acids is 2. The summed E-state index contributed by atoms with van der Waals surface area (Å²) in [6.45, 7) is 0. The maximum absolute atomic E-state index is 12.4. The third kappa shape index (κ3) is 4.73. The van der Waals surface area contributed by atoms with Crippen molar-refractivity contribution >= 4 is 18.0 Å². The molecule has 1 atom stereocenters. The van der Waals surface area contributed by atoms with Crippen molar-refractivity contribution in [1.82, 2.24) is 5.32 Å². The number of hydrogen-bond acceptors (Lipinski definition) is 4. The van der Waals surface area contributed by atoms with E-state index in [1.54, 1.807) is 42.7 Å². The van der Waals surface area contributed by atoms with Crippen LogP contribution < -0.4 is 5.32 Å². The fraction of sp³-hybridized carbons (Fsp3) is 0.0909. The Morgan fingerprint density at radius 3 is 2.37 bits per heavy atom. The van der Waals surface area contributed by atoms with Gasteiger partial charge in [-0.2, -0.15) is 0 Å². The Hall–Kier alpha value is -3.60. The van der Waals surface area contributed by atoms with E-state index in [-0.39, 0.29) is 11.9 Å². The number of carbonyl (C=O) groups is 2. The minimum absolute atomic E-state index is 0.253. The molecule has 136 valence electrons. The molecule has 1 N–H and O–H groups in total. The van der Waals surface area contributed by atoms with Crippen molar-refractivity contribution in [2.45, 2.75) is 6.04 Å².